The van der Waals surface area contributed by atoms with Crippen LogP contribution in [0.15, 0.2) is 77.7 Å². The van der Waals surface area contributed by atoms with E-state index in [4.69, 9.17) is 14.5 Å². The van der Waals surface area contributed by atoms with E-state index >= 15 is 0 Å². The number of aromatic nitrogens is 3. The Morgan fingerprint density at radius 2 is 1.68 bits per heavy atom. The van der Waals surface area contributed by atoms with Crippen LogP contribution in [0.4, 0.5) is 0 Å². The molecule has 2 aromatic carbocycles. The SMILES string of the molecule is COc1ccc(CCn2c(=N)c(C(=O)N3CCC(Cc4ccccc4)CC3)cc3c(=O)n4cccc(C)c4nc32)cc1OC. The molecule has 1 aliphatic heterocycles. The maximum atomic E-state index is 14.0. The molecule has 1 aliphatic rings. The molecule has 0 atom stereocenters. The number of hydrogen-bond acceptors (Lipinski definition) is 6. The van der Waals surface area contributed by atoms with Gasteiger partial charge in [-0.2, -0.15) is 0 Å². The summed E-state index contributed by atoms with van der Waals surface area (Å²) in [5.41, 5.74) is 4.07. The first kappa shape index (κ1) is 29.2. The molecule has 6 rings (SSSR count). The lowest BCUT2D eigenvalue weighted by Gasteiger charge is -2.32. The number of methoxy groups -OCH3 is 2. The smallest absolute Gasteiger partial charge is 0.267 e. The van der Waals surface area contributed by atoms with Gasteiger partial charge < -0.3 is 18.9 Å². The molecule has 0 bridgehead atoms. The standard InChI is InChI=1S/C35H37N5O4/c1-23-8-7-16-40-32(23)37-33-28(35(40)42)22-27(31(36)39(33)19-15-25-11-12-29(43-2)30(21-25)44-3)34(41)38-17-13-26(14-18-38)20-24-9-5-4-6-10-24/h4-12,16,21-22,26,36H,13-15,17-20H2,1-3H3. The minimum absolute atomic E-state index is 0.0548. The Hall–Kier alpha value is -4.92. The fraction of sp³-hybridized carbons (Fsp3) is 0.314. The average Bonchev–Trinajstić information content (AvgIpc) is 3.05. The Balaban J connectivity index is 1.36. The zero-order valence-corrected chi connectivity index (χ0v) is 25.4. The number of aryl methyl sites for hydroxylation is 3. The van der Waals surface area contributed by atoms with Crippen LogP contribution in [0.3, 0.4) is 0 Å². The highest BCUT2D eigenvalue weighted by molar-refractivity contribution is 5.97. The number of rotatable bonds is 8. The van der Waals surface area contributed by atoms with Gasteiger partial charge in [-0.15, -0.1) is 0 Å². The zero-order chi connectivity index (χ0) is 30.8. The van der Waals surface area contributed by atoms with E-state index in [9.17, 15) is 15.0 Å². The summed E-state index contributed by atoms with van der Waals surface area (Å²) in [6.07, 6.45) is 5.01. The lowest BCUT2D eigenvalue weighted by atomic mass is 9.90. The number of piperidine rings is 1. The van der Waals surface area contributed by atoms with Crippen LogP contribution in [-0.2, 0) is 19.4 Å². The maximum Gasteiger partial charge on any atom is 0.267 e. The number of pyridine rings is 2. The lowest BCUT2D eigenvalue weighted by molar-refractivity contribution is 0.0687. The summed E-state index contributed by atoms with van der Waals surface area (Å²) >= 11 is 0. The van der Waals surface area contributed by atoms with Crippen LogP contribution in [0, 0.1) is 18.3 Å². The van der Waals surface area contributed by atoms with Gasteiger partial charge in [-0.1, -0.05) is 42.5 Å². The topological polar surface area (TPSA) is 102 Å². The van der Waals surface area contributed by atoms with Gasteiger partial charge in [0.15, 0.2) is 11.5 Å². The molecule has 0 unspecified atom stereocenters. The van der Waals surface area contributed by atoms with Crippen molar-refractivity contribution in [2.45, 2.75) is 39.2 Å². The Morgan fingerprint density at radius 3 is 2.41 bits per heavy atom. The van der Waals surface area contributed by atoms with Crippen LogP contribution < -0.4 is 20.5 Å². The largest absolute Gasteiger partial charge is 0.493 e. The van der Waals surface area contributed by atoms with Crippen LogP contribution in [0.25, 0.3) is 16.7 Å². The van der Waals surface area contributed by atoms with Gasteiger partial charge in [0.1, 0.15) is 16.8 Å². The molecule has 9 nitrogen and oxygen atoms in total. The minimum Gasteiger partial charge on any atom is -0.493 e. The predicted molar refractivity (Wildman–Crippen MR) is 170 cm³/mol. The highest BCUT2D eigenvalue weighted by Crippen LogP contribution is 2.28. The number of carbonyl (C=O) groups is 1. The molecule has 0 aliphatic carbocycles. The quantitative estimate of drug-likeness (QED) is 0.262. The summed E-state index contributed by atoms with van der Waals surface area (Å²) in [5.74, 6) is 1.53. The van der Waals surface area contributed by atoms with Crippen LogP contribution in [-0.4, -0.2) is 52.1 Å². The summed E-state index contributed by atoms with van der Waals surface area (Å²) in [5, 5.41) is 9.55. The Labute approximate surface area is 255 Å². The molecular weight excluding hydrogens is 554 g/mol. The van der Waals surface area contributed by atoms with Crippen molar-refractivity contribution in [3.63, 3.8) is 0 Å². The molecule has 1 amide bonds. The number of fused-ring (bicyclic) bond motifs is 2. The van der Waals surface area contributed by atoms with Gasteiger partial charge in [-0.3, -0.25) is 19.4 Å². The lowest BCUT2D eigenvalue weighted by Crippen LogP contribution is -2.42. The normalized spacial score (nSPS) is 13.8. The van der Waals surface area contributed by atoms with Crippen molar-refractivity contribution in [1.82, 2.24) is 18.9 Å². The number of amides is 1. The van der Waals surface area contributed by atoms with Crippen LogP contribution >= 0.6 is 0 Å². The molecule has 0 spiro atoms. The number of nitrogens with one attached hydrogen (secondary N) is 1. The Bertz CT molecular complexity index is 1960. The number of benzene rings is 2. The number of nitrogens with zero attached hydrogens (tertiary/aromatic N) is 4. The van der Waals surface area contributed by atoms with Gasteiger partial charge in [-0.25, -0.2) is 4.98 Å². The van der Waals surface area contributed by atoms with E-state index in [-0.39, 0.29) is 22.5 Å². The number of hydrogen-bond donors (Lipinski definition) is 1. The molecule has 5 aromatic rings. The predicted octanol–water partition coefficient (Wildman–Crippen LogP) is 4.79. The van der Waals surface area contributed by atoms with Gasteiger partial charge in [0.25, 0.3) is 11.5 Å². The molecule has 1 saturated heterocycles. The highest BCUT2D eigenvalue weighted by atomic mass is 16.5. The first-order valence-electron chi connectivity index (χ1n) is 15.0. The number of carbonyl (C=O) groups excluding carboxylic acids is 1. The van der Waals surface area contributed by atoms with E-state index in [2.05, 4.69) is 24.3 Å². The van der Waals surface area contributed by atoms with Crippen molar-refractivity contribution in [3.05, 3.63) is 111 Å². The van der Waals surface area contributed by atoms with Gasteiger partial charge >= 0.3 is 0 Å². The summed E-state index contributed by atoms with van der Waals surface area (Å²) in [4.78, 5) is 34.5. The molecule has 226 valence electrons. The molecule has 4 heterocycles. The van der Waals surface area contributed by atoms with Crippen LogP contribution in [0.1, 0.15) is 39.9 Å². The van der Waals surface area contributed by atoms with E-state index < -0.39 is 0 Å². The monoisotopic (exact) mass is 591 g/mol. The average molecular weight is 592 g/mol. The third-order valence-electron chi connectivity index (χ3n) is 8.70. The van der Waals surface area contributed by atoms with Crippen molar-refractivity contribution in [2.75, 3.05) is 27.3 Å². The fourth-order valence-corrected chi connectivity index (χ4v) is 6.21. The molecule has 44 heavy (non-hydrogen) atoms. The van der Waals surface area contributed by atoms with E-state index in [1.54, 1.807) is 31.0 Å². The summed E-state index contributed by atoms with van der Waals surface area (Å²) in [6.45, 7) is 3.49. The van der Waals surface area contributed by atoms with Gasteiger partial charge in [-0.05, 0) is 79.5 Å². The minimum atomic E-state index is -0.260. The molecule has 9 heteroatoms. The first-order valence-corrected chi connectivity index (χ1v) is 15.0. The highest BCUT2D eigenvalue weighted by Gasteiger charge is 2.26. The Morgan fingerprint density at radius 1 is 0.932 bits per heavy atom. The fourth-order valence-electron chi connectivity index (χ4n) is 6.21. The van der Waals surface area contributed by atoms with E-state index in [1.165, 1.54) is 9.96 Å². The van der Waals surface area contributed by atoms with Crippen LogP contribution in [0.2, 0.25) is 0 Å². The molecular formula is C35H37N5O4. The second-order valence-electron chi connectivity index (χ2n) is 11.5. The second kappa shape index (κ2) is 12.4. The number of ether oxygens (including phenoxy) is 2. The molecule has 1 fully saturated rings. The summed E-state index contributed by atoms with van der Waals surface area (Å²) in [7, 11) is 3.19. The van der Waals surface area contributed by atoms with Crippen molar-refractivity contribution < 1.29 is 14.3 Å². The van der Waals surface area contributed by atoms with E-state index in [1.807, 2.05) is 48.2 Å². The number of likely N-dealkylation sites (tertiary alicyclic amines) is 1. The van der Waals surface area contributed by atoms with Gasteiger partial charge in [0.05, 0.1) is 25.2 Å². The molecule has 3 aromatic heterocycles. The third-order valence-corrected chi connectivity index (χ3v) is 8.70. The maximum absolute atomic E-state index is 14.0. The van der Waals surface area contributed by atoms with Crippen LogP contribution in [0.5, 0.6) is 11.5 Å². The van der Waals surface area contributed by atoms with Crippen molar-refractivity contribution in [3.8, 4) is 11.5 Å². The van der Waals surface area contributed by atoms with E-state index in [0.717, 1.165) is 30.4 Å². The first-order chi connectivity index (χ1) is 21.4. The third kappa shape index (κ3) is 5.57. The van der Waals surface area contributed by atoms with E-state index in [0.29, 0.717) is 60.2 Å². The van der Waals surface area contributed by atoms with Gasteiger partial charge in [0, 0.05) is 25.8 Å². The molecule has 1 N–H and O–H groups in total. The van der Waals surface area contributed by atoms with Crippen molar-refractivity contribution in [2.24, 2.45) is 5.92 Å². The van der Waals surface area contributed by atoms with Crippen molar-refractivity contribution >= 4 is 22.6 Å². The van der Waals surface area contributed by atoms with Gasteiger partial charge in [0.2, 0.25) is 0 Å². The summed E-state index contributed by atoms with van der Waals surface area (Å²) in [6, 6.07) is 21.4. The summed E-state index contributed by atoms with van der Waals surface area (Å²) < 4.78 is 14.1. The van der Waals surface area contributed by atoms with Crippen molar-refractivity contribution in [1.29, 1.82) is 5.41 Å². The second-order valence-corrected chi connectivity index (χ2v) is 11.5. The molecule has 0 saturated carbocycles. The zero-order valence-electron chi connectivity index (χ0n) is 25.4. The Kier molecular flexibility index (Phi) is 8.19. The molecule has 0 radical (unpaired) electrons.